The van der Waals surface area contributed by atoms with E-state index in [-0.39, 0.29) is 6.61 Å². The third-order valence-corrected chi connectivity index (χ3v) is 3.29. The Morgan fingerprint density at radius 1 is 0.913 bits per heavy atom. The highest BCUT2D eigenvalue weighted by Gasteiger charge is 2.07. The molecule has 23 heavy (non-hydrogen) atoms. The standard InChI is InChI=1S/C19H13NO3/c20-12-14-5-8-17(9-6-14)23-19(21)13-22-18-10-7-15-3-1-2-4-16(15)11-18/h1-11H,13H2. The second-order valence-corrected chi connectivity index (χ2v) is 4.91. The van der Waals surface area contributed by atoms with Crippen molar-refractivity contribution in [3.05, 3.63) is 72.3 Å². The van der Waals surface area contributed by atoms with Gasteiger partial charge in [0.2, 0.25) is 0 Å². The van der Waals surface area contributed by atoms with Crippen molar-refractivity contribution in [3.8, 4) is 17.6 Å². The van der Waals surface area contributed by atoms with Crippen LogP contribution in [-0.4, -0.2) is 12.6 Å². The van der Waals surface area contributed by atoms with Crippen LogP contribution in [0.25, 0.3) is 10.8 Å². The molecule has 4 nitrogen and oxygen atoms in total. The minimum absolute atomic E-state index is 0.182. The minimum Gasteiger partial charge on any atom is -0.482 e. The van der Waals surface area contributed by atoms with Crippen LogP contribution in [-0.2, 0) is 4.79 Å². The number of carbonyl (C=O) groups is 1. The Kier molecular flexibility index (Phi) is 4.21. The summed E-state index contributed by atoms with van der Waals surface area (Å²) < 4.78 is 10.6. The zero-order valence-corrected chi connectivity index (χ0v) is 12.2. The van der Waals surface area contributed by atoms with Gasteiger partial charge in [-0.1, -0.05) is 30.3 Å². The number of carbonyl (C=O) groups excluding carboxylic acids is 1. The number of hydrogen-bond acceptors (Lipinski definition) is 4. The molecule has 0 aliphatic heterocycles. The highest BCUT2D eigenvalue weighted by Crippen LogP contribution is 2.20. The van der Waals surface area contributed by atoms with Crippen LogP contribution in [0.3, 0.4) is 0 Å². The van der Waals surface area contributed by atoms with Crippen molar-refractivity contribution in [1.29, 1.82) is 5.26 Å². The number of nitriles is 1. The summed E-state index contributed by atoms with van der Waals surface area (Å²) in [5.74, 6) is 0.499. The van der Waals surface area contributed by atoms with E-state index in [0.29, 0.717) is 17.1 Å². The molecule has 0 saturated carbocycles. The fraction of sp³-hybridized carbons (Fsp3) is 0.0526. The molecule has 0 fully saturated rings. The Hall–Kier alpha value is -3.32. The molecule has 112 valence electrons. The molecule has 0 heterocycles. The van der Waals surface area contributed by atoms with E-state index in [2.05, 4.69) is 0 Å². The van der Waals surface area contributed by atoms with Crippen molar-refractivity contribution in [1.82, 2.24) is 0 Å². The molecule has 0 unspecified atom stereocenters. The summed E-state index contributed by atoms with van der Waals surface area (Å²) in [6, 6.07) is 21.9. The van der Waals surface area contributed by atoms with Crippen LogP contribution in [0, 0.1) is 11.3 Å². The van der Waals surface area contributed by atoms with Crippen LogP contribution in [0.15, 0.2) is 66.7 Å². The molecule has 3 aromatic rings. The van der Waals surface area contributed by atoms with Crippen molar-refractivity contribution in [3.63, 3.8) is 0 Å². The number of ether oxygens (including phenoxy) is 2. The number of rotatable bonds is 4. The van der Waals surface area contributed by atoms with Gasteiger partial charge < -0.3 is 9.47 Å². The normalized spacial score (nSPS) is 10.0. The van der Waals surface area contributed by atoms with Gasteiger partial charge in [-0.15, -0.1) is 0 Å². The SMILES string of the molecule is N#Cc1ccc(OC(=O)COc2ccc3ccccc3c2)cc1. The zero-order valence-electron chi connectivity index (χ0n) is 12.2. The molecule has 0 radical (unpaired) electrons. The molecule has 4 heteroatoms. The van der Waals surface area contributed by atoms with Crippen LogP contribution in [0.1, 0.15) is 5.56 Å². The second kappa shape index (κ2) is 6.63. The van der Waals surface area contributed by atoms with Gasteiger partial charge in [-0.05, 0) is 47.2 Å². The molecule has 0 saturated heterocycles. The maximum Gasteiger partial charge on any atom is 0.349 e. The predicted octanol–water partition coefficient (Wildman–Crippen LogP) is 3.70. The molecule has 0 aliphatic rings. The Bertz CT molecular complexity index is 879. The average molecular weight is 303 g/mol. The quantitative estimate of drug-likeness (QED) is 0.545. The van der Waals surface area contributed by atoms with Crippen LogP contribution >= 0.6 is 0 Å². The van der Waals surface area contributed by atoms with Gasteiger partial charge in [0.15, 0.2) is 6.61 Å². The molecule has 0 N–H and O–H groups in total. The van der Waals surface area contributed by atoms with Crippen molar-refractivity contribution in [2.24, 2.45) is 0 Å². The van der Waals surface area contributed by atoms with E-state index >= 15 is 0 Å². The Morgan fingerprint density at radius 3 is 2.35 bits per heavy atom. The molecule has 0 atom stereocenters. The smallest absolute Gasteiger partial charge is 0.349 e. The monoisotopic (exact) mass is 303 g/mol. The third kappa shape index (κ3) is 3.66. The van der Waals surface area contributed by atoms with Gasteiger partial charge in [0.05, 0.1) is 11.6 Å². The summed E-state index contributed by atoms with van der Waals surface area (Å²) in [7, 11) is 0. The van der Waals surface area contributed by atoms with Gasteiger partial charge in [0, 0.05) is 0 Å². The molecular formula is C19H13NO3. The molecule has 0 bridgehead atoms. The lowest BCUT2D eigenvalue weighted by atomic mass is 10.1. The van der Waals surface area contributed by atoms with E-state index in [1.807, 2.05) is 48.5 Å². The van der Waals surface area contributed by atoms with Gasteiger partial charge in [-0.2, -0.15) is 5.26 Å². The summed E-state index contributed by atoms with van der Waals surface area (Å²) in [6.45, 7) is -0.182. The molecule has 0 aliphatic carbocycles. The minimum atomic E-state index is -0.497. The predicted molar refractivity (Wildman–Crippen MR) is 86.2 cm³/mol. The molecule has 0 amide bonds. The third-order valence-electron chi connectivity index (χ3n) is 3.29. The molecule has 0 aromatic heterocycles. The van der Waals surface area contributed by atoms with Gasteiger partial charge >= 0.3 is 5.97 Å². The summed E-state index contributed by atoms with van der Waals surface area (Å²) in [5, 5.41) is 10.9. The molecular weight excluding hydrogens is 290 g/mol. The number of fused-ring (bicyclic) bond motifs is 1. The van der Waals surface area contributed by atoms with Crippen molar-refractivity contribution in [2.75, 3.05) is 6.61 Å². The first-order valence-electron chi connectivity index (χ1n) is 7.07. The zero-order chi connectivity index (χ0) is 16.1. The first-order chi connectivity index (χ1) is 11.2. The van der Waals surface area contributed by atoms with Gasteiger partial charge in [0.1, 0.15) is 11.5 Å². The fourth-order valence-corrected chi connectivity index (χ4v) is 2.16. The molecule has 3 rings (SSSR count). The van der Waals surface area contributed by atoms with E-state index in [1.54, 1.807) is 24.3 Å². The van der Waals surface area contributed by atoms with E-state index < -0.39 is 5.97 Å². The number of benzene rings is 3. The van der Waals surface area contributed by atoms with E-state index in [4.69, 9.17) is 14.7 Å². The van der Waals surface area contributed by atoms with E-state index in [9.17, 15) is 4.79 Å². The molecule has 0 spiro atoms. The largest absolute Gasteiger partial charge is 0.482 e. The Balaban J connectivity index is 1.60. The number of hydrogen-bond donors (Lipinski definition) is 0. The molecule has 3 aromatic carbocycles. The Morgan fingerprint density at radius 2 is 1.61 bits per heavy atom. The summed E-state index contributed by atoms with van der Waals surface area (Å²) in [6.07, 6.45) is 0. The van der Waals surface area contributed by atoms with Crippen molar-refractivity contribution < 1.29 is 14.3 Å². The first kappa shape index (κ1) is 14.6. The average Bonchev–Trinajstić information content (AvgIpc) is 2.60. The Labute approximate surface area is 133 Å². The van der Waals surface area contributed by atoms with Crippen LogP contribution in [0.4, 0.5) is 0 Å². The van der Waals surface area contributed by atoms with E-state index in [0.717, 1.165) is 10.8 Å². The van der Waals surface area contributed by atoms with Gasteiger partial charge in [-0.3, -0.25) is 0 Å². The van der Waals surface area contributed by atoms with E-state index in [1.165, 1.54) is 0 Å². The van der Waals surface area contributed by atoms with Crippen LogP contribution < -0.4 is 9.47 Å². The van der Waals surface area contributed by atoms with Crippen molar-refractivity contribution in [2.45, 2.75) is 0 Å². The maximum atomic E-state index is 11.8. The fourth-order valence-electron chi connectivity index (χ4n) is 2.16. The lowest BCUT2D eigenvalue weighted by molar-refractivity contribution is -0.136. The lowest BCUT2D eigenvalue weighted by Crippen LogP contribution is -2.17. The summed E-state index contributed by atoms with van der Waals surface area (Å²) in [5.41, 5.74) is 0.511. The highest BCUT2D eigenvalue weighted by molar-refractivity contribution is 5.83. The van der Waals surface area contributed by atoms with Gasteiger partial charge in [0.25, 0.3) is 0 Å². The summed E-state index contributed by atoms with van der Waals surface area (Å²) in [4.78, 5) is 11.8. The highest BCUT2D eigenvalue weighted by atomic mass is 16.6. The first-order valence-corrected chi connectivity index (χ1v) is 7.07. The lowest BCUT2D eigenvalue weighted by Gasteiger charge is -2.07. The van der Waals surface area contributed by atoms with Gasteiger partial charge in [-0.25, -0.2) is 4.79 Å². The van der Waals surface area contributed by atoms with Crippen molar-refractivity contribution >= 4 is 16.7 Å². The second-order valence-electron chi connectivity index (χ2n) is 4.91. The number of nitrogens with zero attached hydrogens (tertiary/aromatic N) is 1. The van der Waals surface area contributed by atoms with Crippen LogP contribution in [0.5, 0.6) is 11.5 Å². The number of esters is 1. The summed E-state index contributed by atoms with van der Waals surface area (Å²) >= 11 is 0. The van der Waals surface area contributed by atoms with Crippen LogP contribution in [0.2, 0.25) is 0 Å². The maximum absolute atomic E-state index is 11.8. The topological polar surface area (TPSA) is 59.3 Å².